The molecule has 1 aliphatic rings. The molecule has 0 bridgehead atoms. The second-order valence-corrected chi connectivity index (χ2v) is 5.80. The van der Waals surface area contributed by atoms with Gasteiger partial charge in [0.25, 0.3) is 0 Å². The number of urea groups is 1. The van der Waals surface area contributed by atoms with E-state index in [0.29, 0.717) is 19.7 Å². The van der Waals surface area contributed by atoms with Crippen LogP contribution >= 0.6 is 0 Å². The highest BCUT2D eigenvalue weighted by Crippen LogP contribution is 2.16. The molecule has 2 aromatic rings. The Labute approximate surface area is 141 Å². The van der Waals surface area contributed by atoms with Gasteiger partial charge >= 0.3 is 6.03 Å². The molecule has 0 saturated carbocycles. The molecule has 7 heteroatoms. The first-order valence-corrected chi connectivity index (χ1v) is 8.34. The fourth-order valence-electron chi connectivity index (χ4n) is 2.92. The van der Waals surface area contributed by atoms with Crippen LogP contribution in [0.3, 0.4) is 0 Å². The number of nitrogens with one attached hydrogen (secondary N) is 2. The zero-order chi connectivity index (χ0) is 16.8. The van der Waals surface area contributed by atoms with Crippen molar-refractivity contribution >= 4 is 6.03 Å². The van der Waals surface area contributed by atoms with Gasteiger partial charge in [0, 0.05) is 19.6 Å². The van der Waals surface area contributed by atoms with Crippen LogP contribution < -0.4 is 10.6 Å². The van der Waals surface area contributed by atoms with E-state index in [1.54, 1.807) is 6.33 Å². The Bertz CT molecular complexity index is 658. The second-order valence-electron chi connectivity index (χ2n) is 5.80. The number of hydrogen-bond acceptors (Lipinski definition) is 4. The van der Waals surface area contributed by atoms with Crippen LogP contribution in [0.5, 0.6) is 0 Å². The number of carbonyl (C=O) groups excluding carboxylic acids is 1. The van der Waals surface area contributed by atoms with Crippen molar-refractivity contribution in [2.75, 3.05) is 13.2 Å². The highest BCUT2D eigenvalue weighted by atomic mass is 16.5. The van der Waals surface area contributed by atoms with E-state index >= 15 is 0 Å². The first-order valence-electron chi connectivity index (χ1n) is 8.34. The number of nitrogens with zero attached hydrogens (tertiary/aromatic N) is 3. The summed E-state index contributed by atoms with van der Waals surface area (Å²) in [6.45, 7) is 3.65. The highest BCUT2D eigenvalue weighted by molar-refractivity contribution is 5.74. The maximum absolute atomic E-state index is 12.2. The van der Waals surface area contributed by atoms with Gasteiger partial charge in [0.15, 0.2) is 0 Å². The molecule has 0 aliphatic carbocycles. The predicted molar refractivity (Wildman–Crippen MR) is 89.5 cm³/mol. The summed E-state index contributed by atoms with van der Waals surface area (Å²) >= 11 is 0. The number of ether oxygens (including phenoxy) is 1. The molecular weight excluding hydrogens is 306 g/mol. The number of hydrogen-bond donors (Lipinski definition) is 2. The zero-order valence-corrected chi connectivity index (χ0v) is 13.8. The number of rotatable bonds is 6. The summed E-state index contributed by atoms with van der Waals surface area (Å²) in [7, 11) is 0. The van der Waals surface area contributed by atoms with Crippen molar-refractivity contribution in [1.29, 1.82) is 0 Å². The third-order valence-electron chi connectivity index (χ3n) is 4.13. The summed E-state index contributed by atoms with van der Waals surface area (Å²) in [5.74, 6) is 0.981. The van der Waals surface area contributed by atoms with Crippen molar-refractivity contribution in [2.45, 2.75) is 38.5 Å². The third kappa shape index (κ3) is 4.11. The van der Waals surface area contributed by atoms with Crippen molar-refractivity contribution in [1.82, 2.24) is 25.4 Å². The molecule has 0 spiro atoms. The molecule has 0 unspecified atom stereocenters. The Balaban J connectivity index is 1.49. The highest BCUT2D eigenvalue weighted by Gasteiger charge is 2.21. The van der Waals surface area contributed by atoms with Gasteiger partial charge in [0.1, 0.15) is 12.2 Å². The van der Waals surface area contributed by atoms with Crippen LogP contribution in [0.2, 0.25) is 0 Å². The molecule has 2 atom stereocenters. The van der Waals surface area contributed by atoms with Crippen molar-refractivity contribution in [3.8, 4) is 0 Å². The monoisotopic (exact) mass is 329 g/mol. The number of aromatic nitrogens is 3. The average Bonchev–Trinajstić information content (AvgIpc) is 3.07. The van der Waals surface area contributed by atoms with Crippen molar-refractivity contribution in [3.05, 3.63) is 48.0 Å². The normalized spacial score (nSPS) is 17.8. The largest absolute Gasteiger partial charge is 0.372 e. The van der Waals surface area contributed by atoms with Crippen LogP contribution in [-0.4, -0.2) is 40.0 Å². The van der Waals surface area contributed by atoms with Crippen molar-refractivity contribution in [3.63, 3.8) is 0 Å². The molecule has 1 aromatic carbocycles. The molecule has 2 N–H and O–H groups in total. The van der Waals surface area contributed by atoms with Crippen LogP contribution in [0.1, 0.15) is 30.8 Å². The maximum Gasteiger partial charge on any atom is 0.315 e. The Morgan fingerprint density at radius 1 is 1.42 bits per heavy atom. The quantitative estimate of drug-likeness (QED) is 0.845. The van der Waals surface area contributed by atoms with Gasteiger partial charge in [-0.2, -0.15) is 5.10 Å². The summed E-state index contributed by atoms with van der Waals surface area (Å²) in [6.07, 6.45) is 3.12. The van der Waals surface area contributed by atoms with Gasteiger partial charge in [0.2, 0.25) is 0 Å². The SMILES string of the molecule is CCO[C@@H](CNC(=O)N[C@@H]1CCc2ncnn2C1)c1ccccc1. The lowest BCUT2D eigenvalue weighted by Crippen LogP contribution is -2.47. The smallest absolute Gasteiger partial charge is 0.315 e. The summed E-state index contributed by atoms with van der Waals surface area (Å²) < 4.78 is 7.59. The minimum Gasteiger partial charge on any atom is -0.372 e. The van der Waals surface area contributed by atoms with Crippen LogP contribution in [0.4, 0.5) is 4.79 Å². The van der Waals surface area contributed by atoms with E-state index in [1.807, 2.05) is 41.9 Å². The molecule has 0 fully saturated rings. The first-order chi connectivity index (χ1) is 11.8. The van der Waals surface area contributed by atoms with Crippen LogP contribution in [0.15, 0.2) is 36.7 Å². The molecule has 3 rings (SSSR count). The third-order valence-corrected chi connectivity index (χ3v) is 4.13. The van der Waals surface area contributed by atoms with Gasteiger partial charge in [0.05, 0.1) is 18.7 Å². The summed E-state index contributed by atoms with van der Waals surface area (Å²) in [4.78, 5) is 16.4. The molecule has 1 aliphatic heterocycles. The molecule has 0 saturated heterocycles. The standard InChI is InChI=1S/C17H23N5O2/c1-2-24-15(13-6-4-3-5-7-13)10-18-17(23)21-14-8-9-16-19-12-20-22(16)11-14/h3-7,12,14-15H,2,8-11H2,1H3,(H2,18,21,23)/t14-,15+/m1/s1. The minimum atomic E-state index is -0.177. The second kappa shape index (κ2) is 7.92. The van der Waals surface area contributed by atoms with Gasteiger partial charge in [-0.25, -0.2) is 14.5 Å². The fourth-order valence-corrected chi connectivity index (χ4v) is 2.92. The number of fused-ring (bicyclic) bond motifs is 1. The van der Waals surface area contributed by atoms with Gasteiger partial charge in [-0.1, -0.05) is 30.3 Å². The number of carbonyl (C=O) groups is 1. The van der Waals surface area contributed by atoms with Crippen molar-refractivity contribution in [2.24, 2.45) is 0 Å². The van der Waals surface area contributed by atoms with E-state index in [9.17, 15) is 4.79 Å². The molecular formula is C17H23N5O2. The molecule has 2 amide bonds. The number of benzene rings is 1. The van der Waals surface area contributed by atoms with E-state index < -0.39 is 0 Å². The predicted octanol–water partition coefficient (Wildman–Crippen LogP) is 1.67. The Morgan fingerprint density at radius 2 is 2.25 bits per heavy atom. The number of aryl methyl sites for hydroxylation is 1. The molecule has 24 heavy (non-hydrogen) atoms. The first kappa shape index (κ1) is 16.4. The zero-order valence-electron chi connectivity index (χ0n) is 13.8. The topological polar surface area (TPSA) is 81.1 Å². The molecule has 2 heterocycles. The average molecular weight is 329 g/mol. The van der Waals surface area contributed by atoms with E-state index in [2.05, 4.69) is 20.7 Å². The summed E-state index contributed by atoms with van der Waals surface area (Å²) in [5.41, 5.74) is 1.06. The van der Waals surface area contributed by atoms with Gasteiger partial charge in [-0.15, -0.1) is 0 Å². The van der Waals surface area contributed by atoms with Crippen LogP contribution in [-0.2, 0) is 17.7 Å². The summed E-state index contributed by atoms with van der Waals surface area (Å²) in [5, 5.41) is 10.1. The molecule has 128 valence electrons. The molecule has 7 nitrogen and oxygen atoms in total. The lowest BCUT2D eigenvalue weighted by Gasteiger charge is -2.24. The minimum absolute atomic E-state index is 0.0708. The van der Waals surface area contributed by atoms with Crippen LogP contribution in [0.25, 0.3) is 0 Å². The number of amides is 2. The van der Waals surface area contributed by atoms with E-state index in [4.69, 9.17) is 4.74 Å². The molecule has 1 aromatic heterocycles. The Morgan fingerprint density at radius 3 is 3.04 bits per heavy atom. The maximum atomic E-state index is 12.2. The van der Waals surface area contributed by atoms with Gasteiger partial charge < -0.3 is 15.4 Å². The molecule has 0 radical (unpaired) electrons. The summed E-state index contributed by atoms with van der Waals surface area (Å²) in [6, 6.07) is 9.82. The van der Waals surface area contributed by atoms with Crippen LogP contribution in [0, 0.1) is 0 Å². The Kier molecular flexibility index (Phi) is 5.43. The Hall–Kier alpha value is -2.41. The lowest BCUT2D eigenvalue weighted by atomic mass is 10.1. The van der Waals surface area contributed by atoms with E-state index in [-0.39, 0.29) is 18.2 Å². The van der Waals surface area contributed by atoms with Crippen molar-refractivity contribution < 1.29 is 9.53 Å². The van der Waals surface area contributed by atoms with Gasteiger partial charge in [-0.05, 0) is 18.9 Å². The van der Waals surface area contributed by atoms with Gasteiger partial charge in [-0.3, -0.25) is 0 Å². The van der Waals surface area contributed by atoms with E-state index in [1.165, 1.54) is 0 Å². The van der Waals surface area contributed by atoms with E-state index in [0.717, 1.165) is 24.2 Å². The lowest BCUT2D eigenvalue weighted by molar-refractivity contribution is 0.0638. The fraction of sp³-hybridized carbons (Fsp3) is 0.471.